The van der Waals surface area contributed by atoms with Crippen molar-refractivity contribution in [2.24, 2.45) is 10.2 Å². The number of β-amino-alcohol motifs (C(OH)–C–C–N with tert-alkyl or cyclic N) is 1. The quantitative estimate of drug-likeness (QED) is 0.466. The molecular formula is C24H20ClF3N4O3S. The summed E-state index contributed by atoms with van der Waals surface area (Å²) in [5, 5.41) is 32.9. The number of halogens is 4. The van der Waals surface area contributed by atoms with Crippen LogP contribution in [-0.2, 0) is 19.1 Å². The van der Waals surface area contributed by atoms with Crippen LogP contribution in [0.5, 0.6) is 5.88 Å². The van der Waals surface area contributed by atoms with E-state index in [9.17, 15) is 28.2 Å². The van der Waals surface area contributed by atoms with E-state index in [0.717, 1.165) is 17.4 Å². The average molecular weight is 537 g/mol. The number of fused-ring (bicyclic) bond motifs is 1. The van der Waals surface area contributed by atoms with Gasteiger partial charge < -0.3 is 15.5 Å². The van der Waals surface area contributed by atoms with Crippen molar-refractivity contribution in [1.29, 1.82) is 0 Å². The lowest BCUT2D eigenvalue weighted by molar-refractivity contribution is -0.138. The van der Waals surface area contributed by atoms with Gasteiger partial charge in [-0.15, -0.1) is 0 Å². The van der Waals surface area contributed by atoms with Gasteiger partial charge in [0, 0.05) is 36.1 Å². The molecule has 3 aromatic rings. The van der Waals surface area contributed by atoms with E-state index in [-0.39, 0.29) is 40.4 Å². The van der Waals surface area contributed by atoms with E-state index in [2.05, 4.69) is 15.5 Å². The predicted molar refractivity (Wildman–Crippen MR) is 130 cm³/mol. The molecule has 2 atom stereocenters. The van der Waals surface area contributed by atoms with E-state index in [1.807, 2.05) is 0 Å². The second kappa shape index (κ2) is 9.47. The molecule has 0 saturated carbocycles. The third-order valence-electron chi connectivity index (χ3n) is 6.23. The third-order valence-corrected chi connectivity index (χ3v) is 7.49. The molecule has 7 nitrogen and oxygen atoms in total. The molecule has 1 fully saturated rings. The zero-order valence-corrected chi connectivity index (χ0v) is 20.2. The van der Waals surface area contributed by atoms with Crippen molar-refractivity contribution < 1.29 is 23.4 Å². The topological polar surface area (TPSA) is 99.2 Å². The van der Waals surface area contributed by atoms with Gasteiger partial charge in [0.2, 0.25) is 5.88 Å². The summed E-state index contributed by atoms with van der Waals surface area (Å²) in [6.07, 6.45) is -3.46. The summed E-state index contributed by atoms with van der Waals surface area (Å²) < 4.78 is 42.7. The van der Waals surface area contributed by atoms with Crippen molar-refractivity contribution >= 4 is 34.7 Å². The summed E-state index contributed by atoms with van der Waals surface area (Å²) in [6, 6.07) is 8.41. The first kappa shape index (κ1) is 24.7. The van der Waals surface area contributed by atoms with E-state index in [1.54, 1.807) is 18.2 Å². The van der Waals surface area contributed by atoms with Gasteiger partial charge in [-0.2, -0.15) is 23.4 Å². The van der Waals surface area contributed by atoms with Crippen LogP contribution in [0.3, 0.4) is 0 Å². The zero-order valence-electron chi connectivity index (χ0n) is 18.6. The molecule has 0 aliphatic carbocycles. The Bertz CT molecular complexity index is 1550. The number of thiazole rings is 1. The first-order valence-corrected chi connectivity index (χ1v) is 12.2. The number of aliphatic hydroxyl groups is 1. The van der Waals surface area contributed by atoms with Gasteiger partial charge in [0.15, 0.2) is 0 Å². The second-order valence-electron chi connectivity index (χ2n) is 8.70. The van der Waals surface area contributed by atoms with Gasteiger partial charge in [-0.3, -0.25) is 9.36 Å². The molecule has 188 valence electrons. The molecule has 0 bridgehead atoms. The highest BCUT2D eigenvalue weighted by Gasteiger charge is 2.34. The Kier molecular flexibility index (Phi) is 6.50. The monoisotopic (exact) mass is 536 g/mol. The van der Waals surface area contributed by atoms with Gasteiger partial charge >= 0.3 is 11.0 Å². The molecule has 0 spiro atoms. The maximum atomic E-state index is 13.8. The molecule has 3 heterocycles. The summed E-state index contributed by atoms with van der Waals surface area (Å²) in [7, 11) is 0. The van der Waals surface area contributed by atoms with Crippen molar-refractivity contribution in [3.05, 3.63) is 83.2 Å². The van der Waals surface area contributed by atoms with Crippen LogP contribution < -0.4 is 20.8 Å². The molecule has 36 heavy (non-hydrogen) atoms. The lowest BCUT2D eigenvalue weighted by Gasteiger charge is -2.15. The SMILES string of the molecule is O=c1sc(C(Cc2ccc(Cl)cc2C(F)(F)F)=c2ccc3c(c2)C=NN=3)c(O)n1C[C@@H]1C[C@@H](O)CN1. The van der Waals surface area contributed by atoms with Crippen LogP contribution in [0.1, 0.15) is 28.0 Å². The van der Waals surface area contributed by atoms with Crippen LogP contribution in [0.2, 0.25) is 5.02 Å². The molecule has 0 unspecified atom stereocenters. The Hall–Kier alpha value is -2.99. The number of benzene rings is 2. The van der Waals surface area contributed by atoms with Gasteiger partial charge in [-0.1, -0.05) is 35.1 Å². The minimum absolute atomic E-state index is 0.0480. The third kappa shape index (κ3) is 4.83. The van der Waals surface area contributed by atoms with E-state index >= 15 is 0 Å². The minimum Gasteiger partial charge on any atom is -0.493 e. The number of nitrogens with zero attached hydrogens (tertiary/aromatic N) is 3. The molecular weight excluding hydrogens is 517 g/mol. The van der Waals surface area contributed by atoms with Gasteiger partial charge in [-0.05, 0) is 47.0 Å². The van der Waals surface area contributed by atoms with Crippen LogP contribution in [0.15, 0.2) is 51.4 Å². The summed E-state index contributed by atoms with van der Waals surface area (Å²) >= 11 is 6.62. The second-order valence-corrected chi connectivity index (χ2v) is 10.1. The summed E-state index contributed by atoms with van der Waals surface area (Å²) in [5.41, 5.74) is 0.0880. The Morgan fingerprint density at radius 2 is 2.06 bits per heavy atom. The lowest BCUT2D eigenvalue weighted by atomic mass is 9.96. The van der Waals surface area contributed by atoms with Crippen LogP contribution in [-0.4, -0.2) is 39.7 Å². The van der Waals surface area contributed by atoms with Crippen LogP contribution >= 0.6 is 22.9 Å². The molecule has 2 aromatic carbocycles. The first-order chi connectivity index (χ1) is 17.1. The standard InChI is InChI=1S/C24H20ClF3N4O3S/c25-15-3-1-13(19(7-15)24(26,27)28)6-18(12-2-4-20-14(5-12)9-30-31-20)21-22(34)32(23(35)36-21)11-16-8-17(33)10-29-16/h1-5,7,9,16-17,29,33-34H,6,8,10-11H2/t16-,17+/m0/s1. The highest BCUT2D eigenvalue weighted by atomic mass is 35.5. The van der Waals surface area contributed by atoms with Crippen LogP contribution in [0.25, 0.3) is 5.57 Å². The molecule has 0 amide bonds. The van der Waals surface area contributed by atoms with Crippen LogP contribution in [0, 0.1) is 0 Å². The average Bonchev–Trinajstić information content (AvgIpc) is 3.53. The molecule has 3 N–H and O–H groups in total. The van der Waals surface area contributed by atoms with Gasteiger partial charge in [-0.25, -0.2) is 0 Å². The summed E-state index contributed by atoms with van der Waals surface area (Å²) in [4.78, 5) is 12.6. The Labute approximate surface area is 211 Å². The molecule has 1 aromatic heterocycles. The zero-order chi connectivity index (χ0) is 25.6. The number of nitrogens with one attached hydrogen (secondary N) is 1. The number of aromatic hydroxyl groups is 1. The molecule has 2 aliphatic rings. The number of aliphatic hydroxyl groups excluding tert-OH is 1. The van der Waals surface area contributed by atoms with Crippen molar-refractivity contribution in [3.63, 3.8) is 0 Å². The van der Waals surface area contributed by atoms with E-state index in [1.165, 1.54) is 22.9 Å². The fraction of sp³-hybridized carbons (Fsp3) is 0.292. The lowest BCUT2D eigenvalue weighted by Crippen LogP contribution is -2.30. The Morgan fingerprint density at radius 1 is 1.25 bits per heavy atom. The van der Waals surface area contributed by atoms with Crippen molar-refractivity contribution in [1.82, 2.24) is 9.88 Å². The maximum absolute atomic E-state index is 13.8. The van der Waals surface area contributed by atoms with Crippen molar-refractivity contribution in [2.75, 3.05) is 6.54 Å². The van der Waals surface area contributed by atoms with Crippen molar-refractivity contribution in [2.45, 2.75) is 37.7 Å². The normalized spacial score (nSPS) is 19.9. The smallest absolute Gasteiger partial charge is 0.416 e. The fourth-order valence-electron chi connectivity index (χ4n) is 4.47. The number of alkyl halides is 3. The molecule has 1 saturated heterocycles. The Balaban J connectivity index is 1.66. The Morgan fingerprint density at radius 3 is 2.78 bits per heavy atom. The fourth-order valence-corrected chi connectivity index (χ4v) is 5.61. The summed E-state index contributed by atoms with van der Waals surface area (Å²) in [5.74, 6) is -0.329. The largest absolute Gasteiger partial charge is 0.493 e. The number of aromatic nitrogens is 1. The van der Waals surface area contributed by atoms with Crippen molar-refractivity contribution in [3.8, 4) is 5.88 Å². The summed E-state index contributed by atoms with van der Waals surface area (Å²) in [6.45, 7) is 0.503. The number of hydrogen-bond acceptors (Lipinski definition) is 7. The first-order valence-electron chi connectivity index (χ1n) is 11.0. The van der Waals surface area contributed by atoms with Crippen LogP contribution in [0.4, 0.5) is 13.2 Å². The highest BCUT2D eigenvalue weighted by Crippen LogP contribution is 2.37. The number of rotatable bonds is 5. The van der Waals surface area contributed by atoms with E-state index in [0.29, 0.717) is 34.7 Å². The molecule has 2 aliphatic heterocycles. The number of hydrogen-bond donors (Lipinski definition) is 3. The molecule has 5 rings (SSSR count). The van der Waals surface area contributed by atoms with Gasteiger partial charge in [0.05, 0.1) is 28.1 Å². The highest BCUT2D eigenvalue weighted by molar-refractivity contribution is 7.10. The van der Waals surface area contributed by atoms with E-state index < -0.39 is 22.7 Å². The predicted octanol–water partition coefficient (Wildman–Crippen LogP) is 2.42. The molecule has 0 radical (unpaired) electrons. The van der Waals surface area contributed by atoms with Gasteiger partial charge in [0.25, 0.3) is 0 Å². The minimum atomic E-state index is -4.65. The molecule has 12 heteroatoms. The van der Waals surface area contributed by atoms with Gasteiger partial charge in [0.1, 0.15) is 0 Å². The maximum Gasteiger partial charge on any atom is 0.416 e. The van der Waals surface area contributed by atoms with E-state index in [4.69, 9.17) is 11.6 Å².